The van der Waals surface area contributed by atoms with Crippen LogP contribution in [0.2, 0.25) is 0 Å². The zero-order valence-electron chi connectivity index (χ0n) is 11.1. The average molecular weight is 258 g/mol. The Balaban J connectivity index is 1.51. The predicted octanol–water partition coefficient (Wildman–Crippen LogP) is 2.06. The van der Waals surface area contributed by atoms with E-state index in [-0.39, 0.29) is 0 Å². The molecule has 2 aliphatic rings. The minimum absolute atomic E-state index is 0.637. The van der Waals surface area contributed by atoms with Crippen molar-refractivity contribution in [3.63, 3.8) is 0 Å². The van der Waals surface area contributed by atoms with Gasteiger partial charge < -0.3 is 0 Å². The summed E-state index contributed by atoms with van der Waals surface area (Å²) in [6.45, 7) is 2.26. The van der Waals surface area contributed by atoms with Crippen molar-refractivity contribution in [1.29, 1.82) is 0 Å². The van der Waals surface area contributed by atoms with Crippen LogP contribution >= 0.6 is 0 Å². The molecule has 0 aliphatic heterocycles. The number of nitrogens with zero attached hydrogens (tertiary/aromatic N) is 4. The van der Waals surface area contributed by atoms with Gasteiger partial charge in [-0.05, 0) is 29.9 Å². The number of hydrogen-bond acceptors (Lipinski definition) is 4. The van der Waals surface area contributed by atoms with Gasteiger partial charge in [0.1, 0.15) is 5.69 Å². The fourth-order valence-corrected chi connectivity index (χ4v) is 3.70. The molecular formula is C13H18N6. The molecule has 100 valence electrons. The van der Waals surface area contributed by atoms with E-state index in [4.69, 9.17) is 0 Å². The van der Waals surface area contributed by atoms with E-state index in [0.29, 0.717) is 11.7 Å². The van der Waals surface area contributed by atoms with Gasteiger partial charge in [-0.3, -0.25) is 5.10 Å². The summed E-state index contributed by atoms with van der Waals surface area (Å²) in [6.07, 6.45) is 6.53. The molecule has 19 heavy (non-hydrogen) atoms. The number of unbranched alkanes of at least 4 members (excludes halogenated alkanes) is 2. The van der Waals surface area contributed by atoms with Crippen LogP contribution in [0.4, 0.5) is 0 Å². The lowest BCUT2D eigenvalue weighted by atomic mass is 10.0. The van der Waals surface area contributed by atoms with Crippen LogP contribution in [0.1, 0.15) is 49.8 Å². The lowest BCUT2D eigenvalue weighted by Crippen LogP contribution is -1.95. The number of H-pyrrole nitrogens is 2. The Labute approximate surface area is 111 Å². The summed E-state index contributed by atoms with van der Waals surface area (Å²) >= 11 is 0. The van der Waals surface area contributed by atoms with E-state index in [2.05, 4.69) is 37.7 Å². The van der Waals surface area contributed by atoms with E-state index in [0.717, 1.165) is 24.0 Å². The maximum atomic E-state index is 4.51. The van der Waals surface area contributed by atoms with Crippen LogP contribution in [-0.2, 0) is 6.42 Å². The van der Waals surface area contributed by atoms with Crippen molar-refractivity contribution in [2.45, 2.75) is 44.9 Å². The third-order valence-electron chi connectivity index (χ3n) is 4.70. The first kappa shape index (κ1) is 11.1. The lowest BCUT2D eigenvalue weighted by molar-refractivity contribution is 0.571. The number of tetrazole rings is 1. The summed E-state index contributed by atoms with van der Waals surface area (Å²) in [4.78, 5) is 0. The molecule has 2 heterocycles. The van der Waals surface area contributed by atoms with Crippen molar-refractivity contribution in [2.24, 2.45) is 11.8 Å². The first-order chi connectivity index (χ1) is 9.40. The highest BCUT2D eigenvalue weighted by Crippen LogP contribution is 2.63. The van der Waals surface area contributed by atoms with Crippen LogP contribution < -0.4 is 0 Å². The molecule has 6 nitrogen and oxygen atoms in total. The largest absolute Gasteiger partial charge is 0.274 e. The molecule has 4 rings (SSSR count). The molecule has 2 aromatic heterocycles. The highest BCUT2D eigenvalue weighted by molar-refractivity contribution is 5.59. The van der Waals surface area contributed by atoms with Gasteiger partial charge in [0.05, 0.1) is 5.69 Å². The molecule has 2 N–H and O–H groups in total. The van der Waals surface area contributed by atoms with Crippen molar-refractivity contribution >= 4 is 0 Å². The van der Waals surface area contributed by atoms with E-state index in [9.17, 15) is 0 Å². The monoisotopic (exact) mass is 258 g/mol. The Morgan fingerprint density at radius 2 is 2.21 bits per heavy atom. The van der Waals surface area contributed by atoms with Gasteiger partial charge in [0.25, 0.3) is 0 Å². The lowest BCUT2D eigenvalue weighted by Gasteiger charge is -2.03. The molecule has 0 aromatic carbocycles. The average Bonchev–Trinajstić information content (AvgIpc) is 2.90. The number of fused-ring (bicyclic) bond motifs is 3. The fourth-order valence-electron chi connectivity index (χ4n) is 3.70. The van der Waals surface area contributed by atoms with E-state index in [1.807, 2.05) is 0 Å². The van der Waals surface area contributed by atoms with Gasteiger partial charge in [0.15, 0.2) is 0 Å². The quantitative estimate of drug-likeness (QED) is 0.804. The molecule has 3 atom stereocenters. The van der Waals surface area contributed by atoms with Gasteiger partial charge in [-0.1, -0.05) is 26.2 Å². The molecule has 0 radical (unpaired) electrons. The molecule has 0 spiro atoms. The summed E-state index contributed by atoms with van der Waals surface area (Å²) in [6, 6.07) is 0. The summed E-state index contributed by atoms with van der Waals surface area (Å²) in [5.74, 6) is 3.04. The number of aromatic nitrogens is 6. The Morgan fingerprint density at radius 3 is 3.00 bits per heavy atom. The van der Waals surface area contributed by atoms with Crippen LogP contribution in [0.3, 0.4) is 0 Å². The van der Waals surface area contributed by atoms with Gasteiger partial charge in [0.2, 0.25) is 5.82 Å². The van der Waals surface area contributed by atoms with Crippen LogP contribution in [0, 0.1) is 11.8 Å². The Bertz CT molecular complexity index is 572. The van der Waals surface area contributed by atoms with E-state index in [1.165, 1.54) is 36.9 Å². The first-order valence-electron chi connectivity index (χ1n) is 7.21. The molecule has 0 unspecified atom stereocenters. The summed E-state index contributed by atoms with van der Waals surface area (Å²) in [7, 11) is 0. The highest BCUT2D eigenvalue weighted by Gasteiger charge is 2.57. The Morgan fingerprint density at radius 1 is 1.26 bits per heavy atom. The number of aromatic amines is 2. The molecule has 2 aromatic rings. The zero-order valence-corrected chi connectivity index (χ0v) is 11.1. The standard InChI is InChI=1S/C13H18N6/c1-2-3-4-5-7-8-6-9-11(10(7)8)14-15-12(9)13-16-18-19-17-13/h7-8,10H,2-6H2,1H3,(H,14,15)(H,16,17,18,19)/t7-,8+,10-/m1/s1. The maximum absolute atomic E-state index is 4.51. The maximum Gasteiger partial charge on any atom is 0.222 e. The highest BCUT2D eigenvalue weighted by atomic mass is 15.5. The SMILES string of the molecule is CCCCC[C@@H]1[C@@H]2Cc3c(n[nH]c3-c3nn[nH]n3)[C@H]12. The number of hydrogen-bond donors (Lipinski definition) is 2. The van der Waals surface area contributed by atoms with Crippen LogP contribution in [-0.4, -0.2) is 30.8 Å². The second-order valence-corrected chi connectivity index (χ2v) is 5.75. The molecule has 0 bridgehead atoms. The van der Waals surface area contributed by atoms with E-state index in [1.54, 1.807) is 0 Å². The Kier molecular flexibility index (Phi) is 2.43. The molecule has 1 saturated carbocycles. The minimum Gasteiger partial charge on any atom is -0.274 e. The number of rotatable bonds is 5. The van der Waals surface area contributed by atoms with Gasteiger partial charge >= 0.3 is 0 Å². The third kappa shape index (κ3) is 1.62. The molecule has 0 saturated heterocycles. The normalized spacial score (nSPS) is 27.3. The second-order valence-electron chi connectivity index (χ2n) is 5.75. The van der Waals surface area contributed by atoms with Gasteiger partial charge in [-0.15, -0.1) is 10.2 Å². The fraction of sp³-hybridized carbons (Fsp3) is 0.692. The molecule has 2 aliphatic carbocycles. The van der Waals surface area contributed by atoms with Crippen molar-refractivity contribution < 1.29 is 0 Å². The summed E-state index contributed by atoms with van der Waals surface area (Å²) < 4.78 is 0. The van der Waals surface area contributed by atoms with E-state index < -0.39 is 0 Å². The summed E-state index contributed by atoms with van der Waals surface area (Å²) in [5.41, 5.74) is 3.55. The number of nitrogens with one attached hydrogen (secondary N) is 2. The summed E-state index contributed by atoms with van der Waals surface area (Å²) in [5, 5.41) is 21.8. The smallest absolute Gasteiger partial charge is 0.222 e. The molecule has 1 fully saturated rings. The third-order valence-corrected chi connectivity index (χ3v) is 4.70. The van der Waals surface area contributed by atoms with Crippen molar-refractivity contribution in [3.05, 3.63) is 11.3 Å². The van der Waals surface area contributed by atoms with Gasteiger partial charge in [-0.25, -0.2) is 0 Å². The zero-order chi connectivity index (χ0) is 12.8. The van der Waals surface area contributed by atoms with Crippen LogP contribution in [0.5, 0.6) is 0 Å². The van der Waals surface area contributed by atoms with Crippen LogP contribution in [0.15, 0.2) is 0 Å². The van der Waals surface area contributed by atoms with E-state index >= 15 is 0 Å². The van der Waals surface area contributed by atoms with Gasteiger partial charge in [-0.2, -0.15) is 10.3 Å². The topological polar surface area (TPSA) is 83.1 Å². The Hall–Kier alpha value is -1.72. The minimum atomic E-state index is 0.637. The second kappa shape index (κ2) is 4.15. The molecule has 6 heteroatoms. The van der Waals surface area contributed by atoms with Crippen molar-refractivity contribution in [3.8, 4) is 11.5 Å². The molecular weight excluding hydrogens is 240 g/mol. The predicted molar refractivity (Wildman–Crippen MR) is 69.3 cm³/mol. The van der Waals surface area contributed by atoms with Crippen LogP contribution in [0.25, 0.3) is 11.5 Å². The van der Waals surface area contributed by atoms with Crippen molar-refractivity contribution in [1.82, 2.24) is 30.8 Å². The van der Waals surface area contributed by atoms with Gasteiger partial charge in [0, 0.05) is 11.5 Å². The first-order valence-corrected chi connectivity index (χ1v) is 7.21. The molecule has 0 amide bonds. The van der Waals surface area contributed by atoms with Crippen molar-refractivity contribution in [2.75, 3.05) is 0 Å².